The molecule has 4 rings (SSSR count). The molecule has 0 heterocycles. The van der Waals surface area contributed by atoms with E-state index in [4.69, 9.17) is 14.0 Å². The zero-order valence-corrected chi connectivity index (χ0v) is 46.2. The Hall–Kier alpha value is -5.38. The Morgan fingerprint density at radius 2 is 0.659 bits per heavy atom. The van der Waals surface area contributed by atoms with E-state index in [1.807, 2.05) is 6.92 Å². The zero-order chi connectivity index (χ0) is 64.6. The van der Waals surface area contributed by atoms with Crippen molar-refractivity contribution in [2.45, 2.75) is 186 Å². The van der Waals surface area contributed by atoms with Crippen LogP contribution in [-0.2, 0) is 49.4 Å². The van der Waals surface area contributed by atoms with E-state index < -0.39 is 130 Å². The van der Waals surface area contributed by atoms with Crippen LogP contribution in [0.4, 0.5) is 105 Å². The number of alkyl halides is 24. The molecule has 0 saturated carbocycles. The number of halogens is 24. The second-order valence-electron chi connectivity index (χ2n) is 20.1. The Morgan fingerprint density at radius 3 is 0.976 bits per heavy atom. The zero-order valence-electron chi connectivity index (χ0n) is 46.2. The van der Waals surface area contributed by atoms with Crippen molar-refractivity contribution in [2.24, 2.45) is 0 Å². The molecule has 0 aliphatic heterocycles. The van der Waals surface area contributed by atoms with Gasteiger partial charge in [-0.05, 0) is 74.2 Å². The van der Waals surface area contributed by atoms with Crippen LogP contribution in [0.1, 0.15) is 187 Å². The van der Waals surface area contributed by atoms with Gasteiger partial charge in [0.25, 0.3) is 0 Å². The molecule has 0 aromatic heterocycles. The first-order valence-electron chi connectivity index (χ1n) is 26.9. The number of hydrogen-bond donors (Lipinski definition) is 0. The molecule has 0 fully saturated rings. The predicted molar refractivity (Wildman–Crippen MR) is 266 cm³/mol. The van der Waals surface area contributed by atoms with Gasteiger partial charge in [-0.25, -0.2) is 0 Å². The lowest BCUT2D eigenvalue weighted by molar-refractivity contribution is -0.958. The van der Waals surface area contributed by atoms with E-state index in [1.165, 1.54) is 0 Å². The van der Waals surface area contributed by atoms with E-state index in [-0.39, 0.29) is 91.6 Å². The SMILES string of the molecule is CCCCCCCCCCCC(c1c(OB(Oc2cc(C(F)(F)F)cc(C(F)(F)F)c2)Oc2cc(C(F)(F)F)cc(C(F)(F)F)c2)cc(C(F)(F)F)cc1C(F)(F)F)[N+](CCCC)(CCCC)CCCC.FC(F)(F)c1c[c-]cc(C(F)(F)F)c1. The van der Waals surface area contributed by atoms with Crippen LogP contribution in [-0.4, -0.2) is 31.4 Å². The summed E-state index contributed by atoms with van der Waals surface area (Å²) in [5, 5.41) is 0. The minimum atomic E-state index is -5.65. The smallest absolute Gasteiger partial charge is 0.490 e. The number of rotatable bonds is 27. The Labute approximate surface area is 475 Å². The minimum Gasteiger partial charge on any atom is -0.490 e. The monoisotopic (exact) mass is 1260 g/mol. The van der Waals surface area contributed by atoms with Crippen molar-refractivity contribution in [3.05, 3.63) is 123 Å². The third-order valence-corrected chi connectivity index (χ3v) is 13.5. The van der Waals surface area contributed by atoms with Crippen molar-refractivity contribution in [1.82, 2.24) is 0 Å². The van der Waals surface area contributed by atoms with Gasteiger partial charge in [0, 0.05) is 6.42 Å². The molecule has 1 unspecified atom stereocenters. The highest BCUT2D eigenvalue weighted by atomic mass is 19.4. The normalized spacial score (nSPS) is 13.6. The quantitative estimate of drug-likeness (QED) is 0.0196. The third kappa shape index (κ3) is 23.3. The lowest BCUT2D eigenvalue weighted by Crippen LogP contribution is -2.53. The molecular formula is C56H62BF24NO3. The molecule has 0 spiro atoms. The van der Waals surface area contributed by atoms with Crippen molar-refractivity contribution in [2.75, 3.05) is 19.6 Å². The molecule has 85 heavy (non-hydrogen) atoms. The molecule has 0 bridgehead atoms. The summed E-state index contributed by atoms with van der Waals surface area (Å²) in [6.45, 7) is 7.94. The number of benzene rings is 4. The van der Waals surface area contributed by atoms with Crippen LogP contribution in [0, 0.1) is 6.07 Å². The van der Waals surface area contributed by atoms with Crippen LogP contribution in [0.25, 0.3) is 0 Å². The van der Waals surface area contributed by atoms with Gasteiger partial charge in [0.2, 0.25) is 0 Å². The van der Waals surface area contributed by atoms with E-state index in [1.54, 1.807) is 26.8 Å². The van der Waals surface area contributed by atoms with Gasteiger partial charge in [0.15, 0.2) is 0 Å². The molecule has 0 amide bonds. The number of nitrogens with zero attached hydrogens (tertiary/aromatic N) is 1. The summed E-state index contributed by atoms with van der Waals surface area (Å²) in [5.41, 5.74) is -15.9. The molecule has 4 nitrogen and oxygen atoms in total. The van der Waals surface area contributed by atoms with Crippen LogP contribution < -0.4 is 14.0 Å². The lowest BCUT2D eigenvalue weighted by Gasteiger charge is -2.47. The van der Waals surface area contributed by atoms with Crippen LogP contribution in [0.3, 0.4) is 0 Å². The maximum atomic E-state index is 15.7. The summed E-state index contributed by atoms with van der Waals surface area (Å²) in [6, 6.07) is -0.00272. The molecule has 0 aliphatic rings. The summed E-state index contributed by atoms with van der Waals surface area (Å²) < 4.78 is 347. The summed E-state index contributed by atoms with van der Waals surface area (Å²) in [5.74, 6) is -4.53. The molecule has 0 aliphatic carbocycles. The average molecular weight is 1260 g/mol. The van der Waals surface area contributed by atoms with E-state index in [0.717, 1.165) is 38.5 Å². The van der Waals surface area contributed by atoms with Gasteiger partial charge < -0.3 is 18.4 Å². The number of unbranched alkanes of at least 4 members (excludes halogenated alkanes) is 11. The first-order valence-corrected chi connectivity index (χ1v) is 26.9. The standard InChI is InChI=1S/C48H59BF18NO3.C8H3F6/c1-5-9-13-14-15-16-17-18-19-20-40(68(21-10-6-2,22-11-7-3)23-12-8-4)42-39(48(65,66)67)30-36(47(62,63)64)31-41(42)71-49(69-37-26-32(43(50,51)52)24-33(27-37)44(53,54)55)70-38-28-34(45(56,57)58)25-35(29-38)46(59,60)61;9-7(10,11)5-2-1-3-6(4-5)8(12,13)14/h24-31,40H,5-23H2,1-4H3;2-4H/q+1;-1. The van der Waals surface area contributed by atoms with E-state index >= 15 is 13.2 Å². The van der Waals surface area contributed by atoms with E-state index in [0.29, 0.717) is 63.5 Å². The molecule has 480 valence electrons. The maximum Gasteiger partial charge on any atom is 0.864 e. The van der Waals surface area contributed by atoms with Gasteiger partial charge >= 0.3 is 56.7 Å². The van der Waals surface area contributed by atoms with Gasteiger partial charge in [-0.2, -0.15) is 124 Å². The van der Waals surface area contributed by atoms with Crippen molar-refractivity contribution >= 4 is 7.32 Å². The predicted octanol–water partition coefficient (Wildman–Crippen LogP) is 22.0. The molecule has 1 atom stereocenters. The second kappa shape index (κ2) is 30.5. The Balaban J connectivity index is 0.00000118. The van der Waals surface area contributed by atoms with Crippen LogP contribution in [0.5, 0.6) is 17.2 Å². The summed E-state index contributed by atoms with van der Waals surface area (Å²) in [7, 11) is -3.27. The van der Waals surface area contributed by atoms with Crippen molar-refractivity contribution in [1.29, 1.82) is 0 Å². The average Bonchev–Trinajstić information content (AvgIpc) is 1.96. The third-order valence-electron chi connectivity index (χ3n) is 13.5. The fraction of sp³-hybridized carbons (Fsp3) is 0.571. The minimum absolute atomic E-state index is 0.0521. The van der Waals surface area contributed by atoms with Gasteiger partial charge in [-0.1, -0.05) is 109 Å². The van der Waals surface area contributed by atoms with Crippen LogP contribution >= 0.6 is 0 Å². The molecule has 4 aromatic rings. The first-order chi connectivity index (χ1) is 39.0. The molecule has 29 heteroatoms. The molecule has 0 N–H and O–H groups in total. The second-order valence-corrected chi connectivity index (χ2v) is 20.1. The molecule has 0 radical (unpaired) electrons. The fourth-order valence-corrected chi connectivity index (χ4v) is 9.21. The van der Waals surface area contributed by atoms with Crippen molar-refractivity contribution in [3.8, 4) is 17.2 Å². The van der Waals surface area contributed by atoms with Gasteiger partial charge in [-0.3, -0.25) is 0 Å². The molecule has 4 aromatic carbocycles. The Bertz CT molecular complexity index is 2480. The highest BCUT2D eigenvalue weighted by molar-refractivity contribution is 6.39. The fourth-order valence-electron chi connectivity index (χ4n) is 9.21. The van der Waals surface area contributed by atoms with Gasteiger partial charge in [0.1, 0.15) is 23.3 Å². The Kier molecular flexibility index (Phi) is 26.5. The first kappa shape index (κ1) is 73.9. The van der Waals surface area contributed by atoms with Crippen LogP contribution in [0.15, 0.2) is 66.7 Å². The van der Waals surface area contributed by atoms with E-state index in [9.17, 15) is 92.2 Å². The molecular weight excluding hydrogens is 1200 g/mol. The highest BCUT2D eigenvalue weighted by Crippen LogP contribution is 2.50. The van der Waals surface area contributed by atoms with Crippen molar-refractivity contribution in [3.63, 3.8) is 0 Å². The summed E-state index contributed by atoms with van der Waals surface area (Å²) >= 11 is 0. The topological polar surface area (TPSA) is 27.7 Å². The molecule has 0 saturated heterocycles. The number of hydrogen-bond acceptors (Lipinski definition) is 3. The maximum absolute atomic E-state index is 15.7. The van der Waals surface area contributed by atoms with Crippen LogP contribution in [0.2, 0.25) is 0 Å². The number of quaternary nitrogens is 1. The summed E-state index contributed by atoms with van der Waals surface area (Å²) in [4.78, 5) is 0. The van der Waals surface area contributed by atoms with E-state index in [2.05, 4.69) is 0 Å². The van der Waals surface area contributed by atoms with Crippen molar-refractivity contribution < 1.29 is 124 Å². The largest absolute Gasteiger partial charge is 0.864 e. The lowest BCUT2D eigenvalue weighted by atomic mass is 9.88. The van der Waals surface area contributed by atoms with Gasteiger partial charge in [-0.15, -0.1) is 6.07 Å². The highest BCUT2D eigenvalue weighted by Gasteiger charge is 2.49. The summed E-state index contributed by atoms with van der Waals surface area (Å²) in [6.07, 6.45) is -33.8. The Morgan fingerprint density at radius 1 is 0.353 bits per heavy atom. The van der Waals surface area contributed by atoms with Gasteiger partial charge in [0.05, 0.1) is 58.6 Å².